The van der Waals surface area contributed by atoms with Gasteiger partial charge in [-0.3, -0.25) is 10.1 Å². The van der Waals surface area contributed by atoms with Gasteiger partial charge in [0.2, 0.25) is 0 Å². The van der Waals surface area contributed by atoms with Crippen LogP contribution in [0.5, 0.6) is 0 Å². The normalized spacial score (nSPS) is 16.4. The first-order valence-electron chi connectivity index (χ1n) is 10.3. The van der Waals surface area contributed by atoms with E-state index in [4.69, 9.17) is 14.6 Å². The second kappa shape index (κ2) is 11.7. The predicted molar refractivity (Wildman–Crippen MR) is 116 cm³/mol. The average Bonchev–Trinajstić information content (AvgIpc) is 2.76. The molecule has 1 aliphatic rings. The number of benzene rings is 1. The van der Waals surface area contributed by atoms with E-state index >= 15 is 0 Å². The van der Waals surface area contributed by atoms with Crippen LogP contribution in [0, 0.1) is 20.2 Å². The highest BCUT2D eigenvalue weighted by molar-refractivity contribution is 6.00. The molecule has 2 unspecified atom stereocenters. The molecule has 0 saturated carbocycles. The first-order valence-corrected chi connectivity index (χ1v) is 10.3. The minimum atomic E-state index is -1.08. The van der Waals surface area contributed by atoms with Crippen LogP contribution in [0.25, 0.3) is 0 Å². The van der Waals surface area contributed by atoms with E-state index in [0.717, 1.165) is 0 Å². The number of nitrogens with zero attached hydrogens (tertiary/aromatic N) is 2. The third-order valence-electron chi connectivity index (χ3n) is 4.87. The van der Waals surface area contributed by atoms with E-state index in [2.05, 4.69) is 10.2 Å². The van der Waals surface area contributed by atoms with Gasteiger partial charge < -0.3 is 24.7 Å². The van der Waals surface area contributed by atoms with Crippen LogP contribution in [-0.4, -0.2) is 53.0 Å². The molecule has 34 heavy (non-hydrogen) atoms. The van der Waals surface area contributed by atoms with Gasteiger partial charge in [0.05, 0.1) is 28.6 Å². The van der Waals surface area contributed by atoms with E-state index in [0.29, 0.717) is 11.4 Å². The van der Waals surface area contributed by atoms with Crippen LogP contribution in [-0.2, 0) is 23.9 Å². The SMILES string of the molecule is CC1=C(C(=O)OCCCO)C(c2cccc([N+](=O)[O-])c2)C(C(=O)OCC(C)O[N+](=O)[O-])=C(C)N1. The molecule has 0 amide bonds. The molecule has 1 aliphatic heterocycles. The zero-order valence-corrected chi connectivity index (χ0v) is 18.8. The van der Waals surface area contributed by atoms with Crippen LogP contribution in [0.2, 0.25) is 0 Å². The zero-order chi connectivity index (χ0) is 25.4. The highest BCUT2D eigenvalue weighted by Gasteiger charge is 2.38. The fraction of sp³-hybridized carbons (Fsp3) is 0.429. The number of nitro groups is 1. The number of rotatable bonds is 11. The van der Waals surface area contributed by atoms with Gasteiger partial charge in [-0.15, -0.1) is 10.1 Å². The van der Waals surface area contributed by atoms with Crippen molar-refractivity contribution in [3.05, 3.63) is 72.6 Å². The largest absolute Gasteiger partial charge is 0.462 e. The third-order valence-corrected chi connectivity index (χ3v) is 4.87. The molecule has 0 aromatic heterocycles. The zero-order valence-electron chi connectivity index (χ0n) is 18.8. The van der Waals surface area contributed by atoms with Crippen molar-refractivity contribution in [1.82, 2.24) is 5.32 Å². The molecular formula is C21H25N3O10. The molecule has 0 spiro atoms. The fourth-order valence-electron chi connectivity index (χ4n) is 3.44. The van der Waals surface area contributed by atoms with Crippen molar-refractivity contribution in [2.75, 3.05) is 19.8 Å². The standard InChI is InChI=1S/C21H25N3O10/c1-12(34-24(30)31)11-33-21(27)18-14(3)22-13(2)17(20(26)32-9-5-8-25)19(18)15-6-4-7-16(10-15)23(28)29/h4,6-7,10,12,19,22,25H,5,8-9,11H2,1-3H3. The van der Waals surface area contributed by atoms with Crippen LogP contribution in [0.3, 0.4) is 0 Å². The molecule has 2 atom stereocenters. The minimum absolute atomic E-state index is 0.0199. The molecule has 0 saturated heterocycles. The van der Waals surface area contributed by atoms with Gasteiger partial charge in [0, 0.05) is 36.6 Å². The topological polar surface area (TPSA) is 180 Å². The first kappa shape index (κ1) is 26.3. The Balaban J connectivity index is 2.49. The van der Waals surface area contributed by atoms with Crippen LogP contribution < -0.4 is 5.32 Å². The van der Waals surface area contributed by atoms with Crippen LogP contribution in [0.4, 0.5) is 5.69 Å². The van der Waals surface area contributed by atoms with Crippen LogP contribution in [0.1, 0.15) is 38.7 Å². The lowest BCUT2D eigenvalue weighted by molar-refractivity contribution is -0.767. The van der Waals surface area contributed by atoms with Crippen molar-refractivity contribution in [3.8, 4) is 0 Å². The Morgan fingerprint density at radius 2 is 1.74 bits per heavy atom. The van der Waals surface area contributed by atoms with Gasteiger partial charge in [0.25, 0.3) is 10.8 Å². The van der Waals surface area contributed by atoms with Crippen molar-refractivity contribution >= 4 is 17.6 Å². The Labute approximate surface area is 194 Å². The number of carbonyl (C=O) groups excluding carboxylic acids is 2. The summed E-state index contributed by atoms with van der Waals surface area (Å²) in [7, 11) is 0. The van der Waals surface area contributed by atoms with Gasteiger partial charge in [0.1, 0.15) is 12.7 Å². The molecule has 1 aromatic carbocycles. The Bertz CT molecular complexity index is 1030. The molecule has 0 aliphatic carbocycles. The monoisotopic (exact) mass is 479 g/mol. The lowest BCUT2D eigenvalue weighted by Crippen LogP contribution is -2.33. The molecule has 13 nitrogen and oxygen atoms in total. The van der Waals surface area contributed by atoms with Crippen molar-refractivity contribution in [3.63, 3.8) is 0 Å². The van der Waals surface area contributed by atoms with Crippen LogP contribution >= 0.6 is 0 Å². The number of non-ortho nitro benzene ring substituents is 1. The van der Waals surface area contributed by atoms with E-state index in [1.54, 1.807) is 13.8 Å². The number of hydrogen-bond donors (Lipinski definition) is 2. The lowest BCUT2D eigenvalue weighted by atomic mass is 9.80. The number of hydrogen-bond acceptors (Lipinski definition) is 11. The summed E-state index contributed by atoms with van der Waals surface area (Å²) in [5.41, 5.74) is 0.725. The molecular weight excluding hydrogens is 454 g/mol. The predicted octanol–water partition coefficient (Wildman–Crippen LogP) is 1.90. The Hall–Kier alpha value is -4.00. The maximum atomic E-state index is 13.0. The van der Waals surface area contributed by atoms with Gasteiger partial charge >= 0.3 is 11.9 Å². The quantitative estimate of drug-likeness (QED) is 0.205. The summed E-state index contributed by atoms with van der Waals surface area (Å²) in [6.07, 6.45) is -0.849. The van der Waals surface area contributed by atoms with Gasteiger partial charge in [0.15, 0.2) is 0 Å². The van der Waals surface area contributed by atoms with Crippen molar-refractivity contribution < 1.29 is 39.0 Å². The van der Waals surface area contributed by atoms with Crippen molar-refractivity contribution in [2.45, 2.75) is 39.2 Å². The third kappa shape index (κ3) is 6.51. The van der Waals surface area contributed by atoms with Gasteiger partial charge in [-0.05, 0) is 26.3 Å². The number of esters is 2. The number of aliphatic hydroxyl groups excluding tert-OH is 1. The molecule has 2 N–H and O–H groups in total. The molecule has 0 radical (unpaired) electrons. The molecule has 1 aromatic rings. The summed E-state index contributed by atoms with van der Waals surface area (Å²) in [4.78, 5) is 51.5. The Morgan fingerprint density at radius 1 is 1.12 bits per heavy atom. The number of allylic oxidation sites excluding steroid dienone is 2. The molecule has 0 fully saturated rings. The number of nitrogens with one attached hydrogen (secondary N) is 1. The summed E-state index contributed by atoms with van der Waals surface area (Å²) < 4.78 is 10.4. The van der Waals surface area contributed by atoms with Crippen molar-refractivity contribution in [1.29, 1.82) is 0 Å². The average molecular weight is 479 g/mol. The second-order valence-electron chi connectivity index (χ2n) is 7.44. The van der Waals surface area contributed by atoms with E-state index in [-0.39, 0.29) is 42.0 Å². The minimum Gasteiger partial charge on any atom is -0.462 e. The number of aliphatic hydroxyl groups is 1. The van der Waals surface area contributed by atoms with E-state index < -0.39 is 40.6 Å². The van der Waals surface area contributed by atoms with E-state index in [1.165, 1.54) is 31.2 Å². The number of carbonyl (C=O) groups is 2. The maximum absolute atomic E-state index is 13.0. The second-order valence-corrected chi connectivity index (χ2v) is 7.44. The fourth-order valence-corrected chi connectivity index (χ4v) is 3.44. The number of dihydropyridines is 1. The first-order chi connectivity index (χ1) is 16.1. The highest BCUT2D eigenvalue weighted by Crippen LogP contribution is 2.40. The van der Waals surface area contributed by atoms with Crippen molar-refractivity contribution in [2.24, 2.45) is 0 Å². The van der Waals surface area contributed by atoms with Gasteiger partial charge in [-0.25, -0.2) is 9.59 Å². The maximum Gasteiger partial charge on any atom is 0.336 e. The summed E-state index contributed by atoms with van der Waals surface area (Å²) in [5, 5.41) is 32.7. The van der Waals surface area contributed by atoms with E-state index in [1.807, 2.05) is 0 Å². The summed E-state index contributed by atoms with van der Waals surface area (Å²) in [6, 6.07) is 5.45. The molecule has 184 valence electrons. The van der Waals surface area contributed by atoms with Gasteiger partial charge in [-0.2, -0.15) is 0 Å². The highest BCUT2D eigenvalue weighted by atomic mass is 17.0. The number of nitro benzene ring substituents is 1. The summed E-state index contributed by atoms with van der Waals surface area (Å²) in [5.74, 6) is -2.76. The van der Waals surface area contributed by atoms with E-state index in [9.17, 15) is 29.8 Å². The number of ether oxygens (including phenoxy) is 2. The molecule has 2 rings (SSSR count). The smallest absolute Gasteiger partial charge is 0.336 e. The van der Waals surface area contributed by atoms with Gasteiger partial charge in [-0.1, -0.05) is 12.1 Å². The lowest BCUT2D eigenvalue weighted by Gasteiger charge is -2.30. The molecule has 0 bridgehead atoms. The van der Waals surface area contributed by atoms with Crippen LogP contribution in [0.15, 0.2) is 46.8 Å². The Morgan fingerprint density at radius 3 is 2.29 bits per heavy atom. The summed E-state index contributed by atoms with van der Waals surface area (Å²) in [6.45, 7) is 3.77. The molecule has 1 heterocycles. The molecule has 13 heteroatoms. The Kier molecular flexibility index (Phi) is 9.07. The summed E-state index contributed by atoms with van der Waals surface area (Å²) >= 11 is 0.